The monoisotopic (exact) mass is 486 g/mol. The molecule has 5 rings (SSSR count). The summed E-state index contributed by atoms with van der Waals surface area (Å²) in [6.07, 6.45) is 2.01. The number of hydrogen-bond donors (Lipinski definition) is 2. The molecule has 1 fully saturated rings. The molecule has 0 radical (unpaired) electrons. The molecule has 2 aliphatic rings. The molecule has 0 aliphatic carbocycles. The molecule has 0 spiro atoms. The molecule has 36 heavy (non-hydrogen) atoms. The van der Waals surface area contributed by atoms with Gasteiger partial charge in [-0.25, -0.2) is 5.48 Å². The van der Waals surface area contributed by atoms with E-state index in [2.05, 4.69) is 11.1 Å². The minimum Gasteiger partial charge on any atom is -0.488 e. The molecule has 8 heteroatoms. The van der Waals surface area contributed by atoms with E-state index in [4.69, 9.17) is 4.74 Å². The number of amides is 2. The summed E-state index contributed by atoms with van der Waals surface area (Å²) in [5.74, 6) is -0.779. The molecule has 2 aliphatic heterocycles. The Morgan fingerprint density at radius 2 is 1.86 bits per heavy atom. The Labute approximate surface area is 210 Å². The van der Waals surface area contributed by atoms with Crippen LogP contribution in [0.15, 0.2) is 66.7 Å². The number of ether oxygens (including phenoxy) is 1. The van der Waals surface area contributed by atoms with E-state index < -0.39 is 17.9 Å². The number of carbonyl (C=O) groups excluding carboxylic acids is 2. The average molecular weight is 487 g/mol. The van der Waals surface area contributed by atoms with Gasteiger partial charge in [0.05, 0.1) is 11.4 Å². The Morgan fingerprint density at radius 1 is 1.11 bits per heavy atom. The first-order valence-corrected chi connectivity index (χ1v) is 12.1. The minimum absolute atomic E-state index is 0.128. The van der Waals surface area contributed by atoms with E-state index in [9.17, 15) is 14.8 Å². The van der Waals surface area contributed by atoms with Crippen LogP contribution in [0.2, 0.25) is 0 Å². The lowest BCUT2D eigenvalue weighted by molar-refractivity contribution is -0.150. The molecule has 2 N–H and O–H groups in total. The number of rotatable bonds is 5. The van der Waals surface area contributed by atoms with Crippen LogP contribution in [0.5, 0.6) is 5.75 Å². The largest absolute Gasteiger partial charge is 0.488 e. The Morgan fingerprint density at radius 3 is 2.64 bits per heavy atom. The Balaban J connectivity index is 1.34. The first kappa shape index (κ1) is 24.0. The van der Waals surface area contributed by atoms with Gasteiger partial charge in [-0.05, 0) is 43.7 Å². The fourth-order valence-electron chi connectivity index (χ4n) is 5.33. The van der Waals surface area contributed by atoms with Crippen LogP contribution in [-0.2, 0) is 9.59 Å². The van der Waals surface area contributed by atoms with E-state index in [1.807, 2.05) is 79.5 Å². The molecule has 0 unspecified atom stereocenters. The fraction of sp³-hybridized carbons (Fsp3) is 0.321. The van der Waals surface area contributed by atoms with Crippen molar-refractivity contribution in [3.63, 3.8) is 0 Å². The van der Waals surface area contributed by atoms with Crippen molar-refractivity contribution in [1.29, 1.82) is 0 Å². The number of aryl methyl sites for hydroxylation is 1. The van der Waals surface area contributed by atoms with Crippen LogP contribution in [0.4, 0.5) is 0 Å². The quantitative estimate of drug-likeness (QED) is 0.425. The first-order chi connectivity index (χ1) is 17.4. The number of piperidine rings is 1. The summed E-state index contributed by atoms with van der Waals surface area (Å²) < 4.78 is 6.39. The third-order valence-electron chi connectivity index (χ3n) is 7.04. The molecule has 3 aromatic rings. The standard InChI is InChI=1S/C28H30N4O4/c1-18-14-25(22-10-6-7-11-24(22)29-18)36-21-15-23(27(33)30-35)26(31(2)17-21)28(34)32-13-12-20(16-32)19-8-4-3-5-9-19/h3-12,14,21,23,26,35H,13,15-17H2,1-2H3,(H,30,33)/t21-,23-,26-/m0/s1. The molecule has 186 valence electrons. The summed E-state index contributed by atoms with van der Waals surface area (Å²) in [7, 11) is 1.83. The molecule has 2 aromatic carbocycles. The van der Waals surface area contributed by atoms with Crippen LogP contribution >= 0.6 is 0 Å². The number of nitrogens with zero attached hydrogens (tertiary/aromatic N) is 3. The van der Waals surface area contributed by atoms with Crippen LogP contribution in [0.25, 0.3) is 16.5 Å². The second-order valence-electron chi connectivity index (χ2n) is 9.54. The molecule has 1 saturated heterocycles. The van der Waals surface area contributed by atoms with Gasteiger partial charge in [0.2, 0.25) is 11.8 Å². The van der Waals surface area contributed by atoms with Gasteiger partial charge in [-0.2, -0.15) is 0 Å². The number of likely N-dealkylation sites (tertiary alicyclic amines) is 1. The maximum atomic E-state index is 13.6. The van der Waals surface area contributed by atoms with Crippen molar-refractivity contribution < 1.29 is 19.5 Å². The first-order valence-electron chi connectivity index (χ1n) is 12.1. The number of likely N-dealkylation sites (N-methyl/N-ethyl adjacent to an activating group) is 1. The number of hydrogen-bond acceptors (Lipinski definition) is 6. The fourth-order valence-corrected chi connectivity index (χ4v) is 5.33. The lowest BCUT2D eigenvalue weighted by Gasteiger charge is -2.42. The highest BCUT2D eigenvalue weighted by molar-refractivity contribution is 5.92. The van der Waals surface area contributed by atoms with Crippen LogP contribution in [-0.4, -0.2) is 70.6 Å². The van der Waals surface area contributed by atoms with E-state index in [1.165, 1.54) is 0 Å². The molecule has 3 heterocycles. The number of pyridine rings is 1. The van der Waals surface area contributed by atoms with Gasteiger partial charge < -0.3 is 9.64 Å². The molecular weight excluding hydrogens is 456 g/mol. The zero-order chi connectivity index (χ0) is 25.2. The van der Waals surface area contributed by atoms with Gasteiger partial charge in [0.1, 0.15) is 17.9 Å². The van der Waals surface area contributed by atoms with Gasteiger partial charge in [-0.3, -0.25) is 24.7 Å². The average Bonchev–Trinajstić information content (AvgIpc) is 3.38. The van der Waals surface area contributed by atoms with Gasteiger partial charge in [-0.15, -0.1) is 0 Å². The maximum Gasteiger partial charge on any atom is 0.248 e. The Kier molecular flexibility index (Phi) is 6.71. The van der Waals surface area contributed by atoms with Crippen LogP contribution < -0.4 is 10.2 Å². The summed E-state index contributed by atoms with van der Waals surface area (Å²) >= 11 is 0. The number of nitrogens with one attached hydrogen (secondary N) is 1. The van der Waals surface area contributed by atoms with Gasteiger partial charge in [-0.1, -0.05) is 48.5 Å². The zero-order valence-electron chi connectivity index (χ0n) is 20.4. The van der Waals surface area contributed by atoms with Crippen molar-refractivity contribution >= 4 is 28.3 Å². The predicted molar refractivity (Wildman–Crippen MR) is 136 cm³/mol. The van der Waals surface area contributed by atoms with Gasteiger partial charge >= 0.3 is 0 Å². The van der Waals surface area contributed by atoms with E-state index in [0.29, 0.717) is 31.8 Å². The molecule has 2 amide bonds. The van der Waals surface area contributed by atoms with Gasteiger partial charge in [0.15, 0.2) is 0 Å². The van der Waals surface area contributed by atoms with Crippen molar-refractivity contribution in [3.8, 4) is 5.75 Å². The molecule has 0 saturated carbocycles. The van der Waals surface area contributed by atoms with E-state index in [1.54, 1.807) is 10.4 Å². The number of fused-ring (bicyclic) bond motifs is 1. The second-order valence-corrected chi connectivity index (χ2v) is 9.54. The van der Waals surface area contributed by atoms with Crippen molar-refractivity contribution in [2.45, 2.75) is 25.5 Å². The van der Waals surface area contributed by atoms with Crippen LogP contribution in [0.3, 0.4) is 0 Å². The summed E-state index contributed by atoms with van der Waals surface area (Å²) in [6, 6.07) is 18.9. The maximum absolute atomic E-state index is 13.6. The summed E-state index contributed by atoms with van der Waals surface area (Å²) in [5, 5.41) is 10.4. The van der Waals surface area contributed by atoms with Crippen molar-refractivity contribution in [1.82, 2.24) is 20.3 Å². The number of aromatic nitrogens is 1. The summed E-state index contributed by atoms with van der Waals surface area (Å²) in [5.41, 5.74) is 5.62. The molecular formula is C28H30N4O4. The van der Waals surface area contributed by atoms with Crippen LogP contribution in [0, 0.1) is 12.8 Å². The SMILES string of the molecule is Cc1cc(O[C@H]2C[C@H](C(=O)NO)[C@@H](C(=O)N3CC=C(c4ccccc4)C3)N(C)C2)c2ccccc2n1. The zero-order valence-corrected chi connectivity index (χ0v) is 20.4. The number of hydroxylamine groups is 1. The minimum atomic E-state index is -0.763. The number of para-hydroxylation sites is 1. The Hall–Kier alpha value is -3.75. The van der Waals surface area contributed by atoms with Crippen molar-refractivity contribution in [3.05, 3.63) is 78.0 Å². The van der Waals surface area contributed by atoms with Crippen molar-refractivity contribution in [2.24, 2.45) is 5.92 Å². The predicted octanol–water partition coefficient (Wildman–Crippen LogP) is 3.04. The highest BCUT2D eigenvalue weighted by Gasteiger charge is 2.45. The second kappa shape index (κ2) is 10.1. The third kappa shape index (κ3) is 4.69. The van der Waals surface area contributed by atoms with E-state index >= 15 is 0 Å². The normalized spacial score (nSPS) is 22.4. The number of benzene rings is 2. The van der Waals surface area contributed by atoms with Gasteiger partial charge in [0.25, 0.3) is 0 Å². The van der Waals surface area contributed by atoms with E-state index in [0.717, 1.165) is 27.7 Å². The third-order valence-corrected chi connectivity index (χ3v) is 7.04. The molecule has 1 aromatic heterocycles. The van der Waals surface area contributed by atoms with Crippen molar-refractivity contribution in [2.75, 3.05) is 26.7 Å². The van der Waals surface area contributed by atoms with Crippen LogP contribution in [0.1, 0.15) is 17.7 Å². The van der Waals surface area contributed by atoms with E-state index in [-0.39, 0.29) is 12.0 Å². The molecule has 8 nitrogen and oxygen atoms in total. The summed E-state index contributed by atoms with van der Waals surface area (Å²) in [6.45, 7) is 3.36. The highest BCUT2D eigenvalue weighted by atomic mass is 16.5. The smallest absolute Gasteiger partial charge is 0.248 e. The Bertz CT molecular complexity index is 1310. The summed E-state index contributed by atoms with van der Waals surface area (Å²) in [4.78, 5) is 34.6. The highest BCUT2D eigenvalue weighted by Crippen LogP contribution is 2.32. The molecule has 0 bridgehead atoms. The molecule has 3 atom stereocenters. The lowest BCUT2D eigenvalue weighted by Crippen LogP contribution is -2.60. The topological polar surface area (TPSA) is 95.0 Å². The number of carbonyl (C=O) groups is 2. The van der Waals surface area contributed by atoms with Gasteiger partial charge in [0, 0.05) is 36.8 Å². The lowest BCUT2D eigenvalue weighted by atomic mass is 9.86.